The van der Waals surface area contributed by atoms with Crippen LogP contribution in [0.2, 0.25) is 0 Å². The van der Waals surface area contributed by atoms with Gasteiger partial charge in [-0.2, -0.15) is 0 Å². The van der Waals surface area contributed by atoms with Crippen LogP contribution in [0, 0.1) is 0 Å². The average Bonchev–Trinajstić information content (AvgIpc) is 2.31. The molecule has 0 rings (SSSR count). The van der Waals surface area contributed by atoms with E-state index in [-0.39, 0.29) is 0 Å². The predicted octanol–water partition coefficient (Wildman–Crippen LogP) is 1.00. The molecule has 5 heteroatoms. The van der Waals surface area contributed by atoms with Crippen LogP contribution in [0.1, 0.15) is 27.2 Å². The molecule has 0 unspecified atom stereocenters. The van der Waals surface area contributed by atoms with E-state index in [1.165, 1.54) is 0 Å². The lowest BCUT2D eigenvalue weighted by Gasteiger charge is -2.12. The van der Waals surface area contributed by atoms with Crippen LogP contribution in [-0.2, 0) is 9.47 Å². The van der Waals surface area contributed by atoms with Crippen molar-refractivity contribution in [2.24, 2.45) is 4.99 Å². The van der Waals surface area contributed by atoms with Crippen molar-refractivity contribution in [3.8, 4) is 0 Å². The lowest BCUT2D eigenvalue weighted by atomic mass is 10.4. The number of ether oxygens (including phenoxy) is 2. The number of aliphatic imine (C=N–C) groups is 1. The van der Waals surface area contributed by atoms with E-state index >= 15 is 0 Å². The van der Waals surface area contributed by atoms with E-state index in [0.29, 0.717) is 12.7 Å². The zero-order chi connectivity index (χ0) is 12.9. The van der Waals surface area contributed by atoms with Gasteiger partial charge in [-0.3, -0.25) is 4.99 Å². The molecule has 0 aromatic carbocycles. The Morgan fingerprint density at radius 3 is 2.47 bits per heavy atom. The van der Waals surface area contributed by atoms with Gasteiger partial charge in [0, 0.05) is 33.4 Å². The van der Waals surface area contributed by atoms with E-state index in [0.717, 1.165) is 38.7 Å². The normalized spacial score (nSPS) is 11.9. The summed E-state index contributed by atoms with van der Waals surface area (Å²) >= 11 is 0. The first kappa shape index (κ1) is 16.2. The van der Waals surface area contributed by atoms with E-state index in [4.69, 9.17) is 9.47 Å². The van der Waals surface area contributed by atoms with Gasteiger partial charge in [-0.25, -0.2) is 0 Å². The standard InChI is InChI=1S/C12H27N3O2/c1-5-16-10-8-15-12(13-4)14-7-6-9-17-11(2)3/h11H,5-10H2,1-4H3,(H2,13,14,15). The molecule has 0 amide bonds. The Bertz CT molecular complexity index is 196. The second-order valence-electron chi connectivity index (χ2n) is 3.90. The zero-order valence-corrected chi connectivity index (χ0v) is 11.6. The minimum Gasteiger partial charge on any atom is -0.380 e. The summed E-state index contributed by atoms with van der Waals surface area (Å²) < 4.78 is 10.7. The van der Waals surface area contributed by atoms with Crippen molar-refractivity contribution in [1.29, 1.82) is 0 Å². The topological polar surface area (TPSA) is 54.9 Å². The Morgan fingerprint density at radius 1 is 1.18 bits per heavy atom. The summed E-state index contributed by atoms with van der Waals surface area (Å²) in [6, 6.07) is 0. The number of hydrogen-bond donors (Lipinski definition) is 2. The molecular formula is C12H27N3O2. The van der Waals surface area contributed by atoms with Gasteiger partial charge in [0.2, 0.25) is 0 Å². The first-order chi connectivity index (χ1) is 8.20. The summed E-state index contributed by atoms with van der Waals surface area (Å²) in [5.74, 6) is 0.814. The Kier molecular flexibility index (Phi) is 11.1. The summed E-state index contributed by atoms with van der Waals surface area (Å²) in [5, 5.41) is 6.40. The summed E-state index contributed by atoms with van der Waals surface area (Å²) in [5.41, 5.74) is 0. The highest BCUT2D eigenvalue weighted by Gasteiger charge is 1.97. The lowest BCUT2D eigenvalue weighted by molar-refractivity contribution is 0.0776. The number of guanidine groups is 1. The third-order valence-electron chi connectivity index (χ3n) is 2.03. The maximum atomic E-state index is 5.45. The van der Waals surface area contributed by atoms with Crippen molar-refractivity contribution in [3.05, 3.63) is 0 Å². The molecule has 17 heavy (non-hydrogen) atoms. The van der Waals surface area contributed by atoms with Gasteiger partial charge in [-0.05, 0) is 27.2 Å². The molecule has 0 bridgehead atoms. The summed E-state index contributed by atoms with van der Waals surface area (Å²) in [7, 11) is 1.76. The minimum absolute atomic E-state index is 0.304. The second kappa shape index (κ2) is 11.7. The van der Waals surface area contributed by atoms with E-state index in [9.17, 15) is 0 Å². The highest BCUT2D eigenvalue weighted by molar-refractivity contribution is 5.79. The number of hydrogen-bond acceptors (Lipinski definition) is 3. The van der Waals surface area contributed by atoms with Gasteiger partial charge in [0.15, 0.2) is 5.96 Å². The molecule has 0 aliphatic rings. The van der Waals surface area contributed by atoms with Gasteiger partial charge in [0.1, 0.15) is 0 Å². The molecule has 0 aliphatic heterocycles. The van der Waals surface area contributed by atoms with E-state index in [1.807, 2.05) is 20.8 Å². The largest absolute Gasteiger partial charge is 0.380 e. The fourth-order valence-electron chi connectivity index (χ4n) is 1.20. The second-order valence-corrected chi connectivity index (χ2v) is 3.90. The lowest BCUT2D eigenvalue weighted by Crippen LogP contribution is -2.39. The Balaban J connectivity index is 3.42. The predicted molar refractivity (Wildman–Crippen MR) is 71.6 cm³/mol. The van der Waals surface area contributed by atoms with Crippen LogP contribution in [-0.4, -0.2) is 52.0 Å². The van der Waals surface area contributed by atoms with Crippen LogP contribution in [0.25, 0.3) is 0 Å². The smallest absolute Gasteiger partial charge is 0.191 e. The molecule has 0 aromatic rings. The Labute approximate surface area is 105 Å². The van der Waals surface area contributed by atoms with Crippen molar-refractivity contribution in [3.63, 3.8) is 0 Å². The van der Waals surface area contributed by atoms with E-state index in [2.05, 4.69) is 15.6 Å². The summed E-state index contributed by atoms with van der Waals surface area (Å²) in [4.78, 5) is 4.12. The van der Waals surface area contributed by atoms with Gasteiger partial charge >= 0.3 is 0 Å². The zero-order valence-electron chi connectivity index (χ0n) is 11.6. The van der Waals surface area contributed by atoms with Crippen molar-refractivity contribution in [2.75, 3.05) is 40.0 Å². The highest BCUT2D eigenvalue weighted by Crippen LogP contribution is 1.88. The molecule has 0 saturated heterocycles. The first-order valence-corrected chi connectivity index (χ1v) is 6.34. The van der Waals surface area contributed by atoms with Gasteiger partial charge < -0.3 is 20.1 Å². The van der Waals surface area contributed by atoms with Crippen LogP contribution >= 0.6 is 0 Å². The molecule has 0 aliphatic carbocycles. The molecule has 0 atom stereocenters. The summed E-state index contributed by atoms with van der Waals surface area (Å²) in [6.45, 7) is 9.94. The molecule has 0 heterocycles. The summed E-state index contributed by atoms with van der Waals surface area (Å²) in [6.07, 6.45) is 1.28. The number of nitrogens with zero attached hydrogens (tertiary/aromatic N) is 1. The average molecular weight is 245 g/mol. The molecule has 2 N–H and O–H groups in total. The van der Waals surface area contributed by atoms with Crippen LogP contribution in [0.15, 0.2) is 4.99 Å². The minimum atomic E-state index is 0.304. The molecule has 0 radical (unpaired) electrons. The molecule has 0 saturated carbocycles. The maximum Gasteiger partial charge on any atom is 0.191 e. The fourth-order valence-corrected chi connectivity index (χ4v) is 1.20. The van der Waals surface area contributed by atoms with E-state index < -0.39 is 0 Å². The monoisotopic (exact) mass is 245 g/mol. The SMILES string of the molecule is CCOCCNC(=NC)NCCCOC(C)C. The molecule has 5 nitrogen and oxygen atoms in total. The molecule has 0 fully saturated rings. The molecule has 0 aromatic heterocycles. The van der Waals surface area contributed by atoms with Crippen LogP contribution in [0.3, 0.4) is 0 Å². The van der Waals surface area contributed by atoms with Gasteiger partial charge in [-0.1, -0.05) is 0 Å². The first-order valence-electron chi connectivity index (χ1n) is 6.34. The van der Waals surface area contributed by atoms with E-state index in [1.54, 1.807) is 7.05 Å². The number of nitrogens with one attached hydrogen (secondary N) is 2. The Morgan fingerprint density at radius 2 is 1.88 bits per heavy atom. The maximum absolute atomic E-state index is 5.45. The van der Waals surface area contributed by atoms with Gasteiger partial charge in [-0.15, -0.1) is 0 Å². The molecular weight excluding hydrogens is 218 g/mol. The van der Waals surface area contributed by atoms with Crippen molar-refractivity contribution in [2.45, 2.75) is 33.3 Å². The van der Waals surface area contributed by atoms with Crippen molar-refractivity contribution >= 4 is 5.96 Å². The number of rotatable bonds is 9. The molecule has 102 valence electrons. The van der Waals surface area contributed by atoms with Crippen molar-refractivity contribution < 1.29 is 9.47 Å². The third-order valence-corrected chi connectivity index (χ3v) is 2.03. The van der Waals surface area contributed by atoms with Crippen LogP contribution in [0.4, 0.5) is 0 Å². The quantitative estimate of drug-likeness (QED) is 0.361. The highest BCUT2D eigenvalue weighted by atomic mass is 16.5. The van der Waals surface area contributed by atoms with Gasteiger partial charge in [0.05, 0.1) is 12.7 Å². The fraction of sp³-hybridized carbons (Fsp3) is 0.917. The van der Waals surface area contributed by atoms with Crippen LogP contribution in [0.5, 0.6) is 0 Å². The Hall–Kier alpha value is -0.810. The molecule has 0 spiro atoms. The third kappa shape index (κ3) is 11.5. The van der Waals surface area contributed by atoms with Crippen molar-refractivity contribution in [1.82, 2.24) is 10.6 Å². The van der Waals surface area contributed by atoms with Gasteiger partial charge in [0.25, 0.3) is 0 Å². The van der Waals surface area contributed by atoms with Crippen LogP contribution < -0.4 is 10.6 Å².